The molecule has 0 saturated heterocycles. The van der Waals surface area contributed by atoms with Crippen LogP contribution < -0.4 is 0 Å². The molecule has 0 aliphatic rings. The Bertz CT molecular complexity index is 1070. The molecule has 3 rings (SSSR count). The summed E-state index contributed by atoms with van der Waals surface area (Å²) in [4.78, 5) is 26.0. The van der Waals surface area contributed by atoms with Gasteiger partial charge in [-0.15, -0.1) is 0 Å². The number of benzene rings is 2. The van der Waals surface area contributed by atoms with Crippen molar-refractivity contribution in [1.29, 1.82) is 0 Å². The number of carbonyl (C=O) groups is 2. The maximum atomic E-state index is 13.1. The summed E-state index contributed by atoms with van der Waals surface area (Å²) in [5.74, 6) is -3.11. The molecule has 132 valence electrons. The highest BCUT2D eigenvalue weighted by atomic mass is 35.5. The van der Waals surface area contributed by atoms with E-state index in [-0.39, 0.29) is 27.4 Å². The van der Waals surface area contributed by atoms with Crippen LogP contribution in [0.15, 0.2) is 36.4 Å². The second-order valence-electron chi connectivity index (χ2n) is 5.40. The van der Waals surface area contributed by atoms with Crippen molar-refractivity contribution >= 4 is 57.7 Å². The number of carboxylic acid groups (broad SMARTS) is 2. The number of fused-ring (bicyclic) bond motifs is 1. The Labute approximate surface area is 156 Å². The number of aliphatic carboxylic acids is 1. The molecule has 0 atom stereocenters. The van der Waals surface area contributed by atoms with Crippen LogP contribution in [0.4, 0.5) is 4.39 Å². The van der Waals surface area contributed by atoms with Gasteiger partial charge < -0.3 is 15.2 Å². The lowest BCUT2D eigenvalue weighted by molar-refractivity contribution is -0.130. The van der Waals surface area contributed by atoms with Gasteiger partial charge in [0.05, 0.1) is 10.6 Å². The fourth-order valence-corrected chi connectivity index (χ4v) is 3.22. The molecule has 0 fully saturated rings. The van der Waals surface area contributed by atoms with Crippen LogP contribution in [0, 0.1) is 5.82 Å². The van der Waals surface area contributed by atoms with Gasteiger partial charge in [0.25, 0.3) is 0 Å². The standard InChI is InChI=1S/C18H10Cl2FNO4/c19-9-5-13(20)15-12(16(18(25)26)22-14(15)6-9)7-11(17(23)24)8-1-3-10(21)4-2-8/h1-7,22H,(H,23,24)(H,25,26)/b11-7+. The number of aromatic nitrogens is 1. The number of carboxylic acids is 2. The first-order chi connectivity index (χ1) is 12.3. The second kappa shape index (κ2) is 6.82. The first-order valence-corrected chi connectivity index (χ1v) is 7.98. The van der Waals surface area contributed by atoms with Crippen molar-refractivity contribution in [2.45, 2.75) is 0 Å². The zero-order chi connectivity index (χ0) is 19.0. The lowest BCUT2D eigenvalue weighted by atomic mass is 10.0. The summed E-state index contributed by atoms with van der Waals surface area (Å²) in [5, 5.41) is 19.8. The smallest absolute Gasteiger partial charge is 0.352 e. The van der Waals surface area contributed by atoms with Crippen LogP contribution in [0.5, 0.6) is 0 Å². The van der Waals surface area contributed by atoms with Crippen molar-refractivity contribution < 1.29 is 24.2 Å². The summed E-state index contributed by atoms with van der Waals surface area (Å²) in [6, 6.07) is 7.75. The van der Waals surface area contributed by atoms with Crippen LogP contribution in [0.3, 0.4) is 0 Å². The molecule has 0 radical (unpaired) electrons. The molecule has 1 heterocycles. The fourth-order valence-electron chi connectivity index (χ4n) is 2.63. The largest absolute Gasteiger partial charge is 0.478 e. The first kappa shape index (κ1) is 18.0. The highest BCUT2D eigenvalue weighted by molar-refractivity contribution is 6.39. The minimum absolute atomic E-state index is 0.0934. The molecule has 0 aliphatic heterocycles. The molecule has 0 spiro atoms. The lowest BCUT2D eigenvalue weighted by Gasteiger charge is -2.04. The van der Waals surface area contributed by atoms with Crippen LogP contribution in [0.25, 0.3) is 22.6 Å². The van der Waals surface area contributed by atoms with E-state index in [2.05, 4.69) is 4.98 Å². The lowest BCUT2D eigenvalue weighted by Crippen LogP contribution is -2.02. The van der Waals surface area contributed by atoms with Gasteiger partial charge in [-0.1, -0.05) is 35.3 Å². The van der Waals surface area contributed by atoms with Crippen molar-refractivity contribution in [2.24, 2.45) is 0 Å². The van der Waals surface area contributed by atoms with Crippen LogP contribution in [0.1, 0.15) is 21.6 Å². The number of aromatic carboxylic acids is 1. The number of nitrogens with one attached hydrogen (secondary N) is 1. The number of halogens is 3. The monoisotopic (exact) mass is 393 g/mol. The van der Waals surface area contributed by atoms with Crippen molar-refractivity contribution in [2.75, 3.05) is 0 Å². The summed E-state index contributed by atoms with van der Waals surface area (Å²) in [7, 11) is 0. The maximum Gasteiger partial charge on any atom is 0.352 e. The molecule has 0 unspecified atom stereocenters. The molecule has 1 aromatic heterocycles. The van der Waals surface area contributed by atoms with E-state index < -0.39 is 17.8 Å². The number of H-pyrrole nitrogens is 1. The van der Waals surface area contributed by atoms with Gasteiger partial charge in [-0.05, 0) is 35.9 Å². The van der Waals surface area contributed by atoms with Crippen molar-refractivity contribution in [3.63, 3.8) is 0 Å². The average Bonchev–Trinajstić information content (AvgIpc) is 2.92. The van der Waals surface area contributed by atoms with E-state index in [1.807, 2.05) is 0 Å². The van der Waals surface area contributed by atoms with E-state index in [4.69, 9.17) is 23.2 Å². The Hall–Kier alpha value is -2.83. The fraction of sp³-hybridized carbons (Fsp3) is 0. The van der Waals surface area contributed by atoms with E-state index in [1.165, 1.54) is 30.3 Å². The molecule has 0 bridgehead atoms. The van der Waals surface area contributed by atoms with E-state index in [9.17, 15) is 24.2 Å². The molecule has 0 saturated carbocycles. The van der Waals surface area contributed by atoms with Gasteiger partial charge in [-0.3, -0.25) is 0 Å². The minimum Gasteiger partial charge on any atom is -0.478 e. The van der Waals surface area contributed by atoms with Gasteiger partial charge in [0.15, 0.2) is 0 Å². The SMILES string of the molecule is O=C(O)/C(=C/c1c(C(=O)O)[nH]c2cc(Cl)cc(Cl)c12)c1ccc(F)cc1. The van der Waals surface area contributed by atoms with Gasteiger partial charge in [-0.2, -0.15) is 0 Å². The van der Waals surface area contributed by atoms with Crippen LogP contribution >= 0.6 is 23.2 Å². The number of aromatic amines is 1. The molecule has 0 aliphatic carbocycles. The predicted octanol–water partition coefficient (Wildman–Crippen LogP) is 4.94. The first-order valence-electron chi connectivity index (χ1n) is 7.23. The molecular formula is C18H10Cl2FNO4. The normalized spacial score (nSPS) is 11.7. The molecule has 5 nitrogen and oxygen atoms in total. The third-order valence-corrected chi connectivity index (χ3v) is 4.26. The van der Waals surface area contributed by atoms with Gasteiger partial charge >= 0.3 is 11.9 Å². The summed E-state index contributed by atoms with van der Waals surface area (Å²) in [6.45, 7) is 0. The van der Waals surface area contributed by atoms with E-state index >= 15 is 0 Å². The molecule has 3 aromatic rings. The van der Waals surface area contributed by atoms with Crippen LogP contribution in [-0.2, 0) is 4.79 Å². The zero-order valence-corrected chi connectivity index (χ0v) is 14.4. The summed E-state index contributed by atoms with van der Waals surface area (Å²) in [5.41, 5.74) is 0.227. The Morgan fingerprint density at radius 3 is 2.31 bits per heavy atom. The van der Waals surface area contributed by atoms with E-state index in [1.54, 1.807) is 0 Å². The summed E-state index contributed by atoms with van der Waals surface area (Å²) in [6.07, 6.45) is 1.19. The Morgan fingerprint density at radius 2 is 1.73 bits per heavy atom. The number of rotatable bonds is 4. The van der Waals surface area contributed by atoms with Gasteiger partial charge in [0.2, 0.25) is 0 Å². The molecule has 8 heteroatoms. The predicted molar refractivity (Wildman–Crippen MR) is 97.2 cm³/mol. The molecule has 2 aromatic carbocycles. The molecule has 3 N–H and O–H groups in total. The zero-order valence-electron chi connectivity index (χ0n) is 12.9. The van der Waals surface area contributed by atoms with E-state index in [0.29, 0.717) is 15.9 Å². The Morgan fingerprint density at radius 1 is 1.08 bits per heavy atom. The van der Waals surface area contributed by atoms with Crippen molar-refractivity contribution in [1.82, 2.24) is 4.98 Å². The highest BCUT2D eigenvalue weighted by Gasteiger charge is 2.21. The van der Waals surface area contributed by atoms with Crippen molar-refractivity contribution in [3.05, 3.63) is 69.1 Å². The van der Waals surface area contributed by atoms with Crippen LogP contribution in [-0.4, -0.2) is 27.1 Å². The Kier molecular flexibility index (Phi) is 4.71. The third-order valence-electron chi connectivity index (χ3n) is 3.74. The van der Waals surface area contributed by atoms with Gasteiger partial charge in [0, 0.05) is 21.5 Å². The van der Waals surface area contributed by atoms with Crippen molar-refractivity contribution in [3.8, 4) is 0 Å². The topological polar surface area (TPSA) is 90.4 Å². The highest BCUT2D eigenvalue weighted by Crippen LogP contribution is 2.35. The Balaban J connectivity index is 2.32. The molecule has 0 amide bonds. The summed E-state index contributed by atoms with van der Waals surface area (Å²) >= 11 is 12.1. The minimum atomic E-state index is -1.30. The number of hydrogen-bond donors (Lipinski definition) is 3. The second-order valence-corrected chi connectivity index (χ2v) is 6.24. The van der Waals surface area contributed by atoms with Gasteiger partial charge in [-0.25, -0.2) is 14.0 Å². The third kappa shape index (κ3) is 3.29. The van der Waals surface area contributed by atoms with E-state index in [0.717, 1.165) is 12.1 Å². The number of hydrogen-bond acceptors (Lipinski definition) is 2. The molecule has 26 heavy (non-hydrogen) atoms. The summed E-state index contributed by atoms with van der Waals surface area (Å²) < 4.78 is 13.1. The van der Waals surface area contributed by atoms with Gasteiger partial charge in [0.1, 0.15) is 11.5 Å². The maximum absolute atomic E-state index is 13.1. The quantitative estimate of drug-likeness (QED) is 0.547. The van der Waals surface area contributed by atoms with Crippen LogP contribution in [0.2, 0.25) is 10.0 Å². The molecular weight excluding hydrogens is 384 g/mol. The average molecular weight is 394 g/mol.